The molecule has 8 heteroatoms. The van der Waals surface area contributed by atoms with E-state index in [2.05, 4.69) is 10.4 Å². The van der Waals surface area contributed by atoms with E-state index in [4.69, 9.17) is 4.74 Å². The van der Waals surface area contributed by atoms with Crippen LogP contribution in [0, 0.1) is 6.92 Å². The molecule has 1 aromatic heterocycles. The second kappa shape index (κ2) is 7.12. The number of sulfone groups is 1. The summed E-state index contributed by atoms with van der Waals surface area (Å²) in [6.45, 7) is 1.78. The van der Waals surface area contributed by atoms with Crippen LogP contribution in [0.4, 0.5) is 5.82 Å². The average Bonchev–Trinajstić information content (AvgIpc) is 3.14. The Morgan fingerprint density at radius 2 is 1.82 bits per heavy atom. The maximum atomic E-state index is 12.5. The number of hydrogen-bond acceptors (Lipinski definition) is 5. The summed E-state index contributed by atoms with van der Waals surface area (Å²) in [5.41, 5.74) is 2.84. The maximum Gasteiger partial charge on any atom is 0.263 e. The fraction of sp³-hybridized carbons (Fsp3) is 0.200. The van der Waals surface area contributed by atoms with Crippen molar-refractivity contribution in [3.8, 4) is 11.4 Å². The second-order valence-electron chi connectivity index (χ2n) is 6.70. The molecule has 0 bridgehead atoms. The lowest BCUT2D eigenvalue weighted by Gasteiger charge is -2.12. The maximum absolute atomic E-state index is 12.5. The number of fused-ring (bicyclic) bond motifs is 1. The van der Waals surface area contributed by atoms with Gasteiger partial charge in [0.15, 0.2) is 16.4 Å². The highest BCUT2D eigenvalue weighted by molar-refractivity contribution is 7.90. The van der Waals surface area contributed by atoms with E-state index in [-0.39, 0.29) is 24.0 Å². The molecule has 0 atom stereocenters. The van der Waals surface area contributed by atoms with Gasteiger partial charge in [-0.3, -0.25) is 4.79 Å². The van der Waals surface area contributed by atoms with E-state index in [0.717, 1.165) is 11.3 Å². The molecule has 28 heavy (non-hydrogen) atoms. The molecule has 1 aliphatic heterocycles. The molecule has 0 unspecified atom stereocenters. The van der Waals surface area contributed by atoms with Gasteiger partial charge in [-0.1, -0.05) is 35.9 Å². The zero-order chi connectivity index (χ0) is 19.7. The Kier molecular flexibility index (Phi) is 4.64. The molecule has 7 nitrogen and oxygen atoms in total. The van der Waals surface area contributed by atoms with E-state index in [0.29, 0.717) is 22.8 Å². The van der Waals surface area contributed by atoms with Crippen LogP contribution >= 0.6 is 0 Å². The first kappa shape index (κ1) is 18.2. The Morgan fingerprint density at radius 1 is 1.11 bits per heavy atom. The van der Waals surface area contributed by atoms with Gasteiger partial charge in [0.05, 0.1) is 22.9 Å². The monoisotopic (exact) mass is 397 g/mol. The first-order valence-electron chi connectivity index (χ1n) is 8.77. The minimum absolute atomic E-state index is 0.120. The Bertz CT molecular complexity index is 1120. The number of benzene rings is 2. The molecule has 1 N–H and O–H groups in total. The Balaban J connectivity index is 1.57. The number of rotatable bonds is 5. The summed E-state index contributed by atoms with van der Waals surface area (Å²) < 4.78 is 31.1. The number of aryl methyl sites for hydroxylation is 1. The number of aromatic nitrogens is 2. The molecule has 0 spiro atoms. The number of nitrogens with one attached hydrogen (secondary N) is 1. The molecule has 0 saturated carbocycles. The van der Waals surface area contributed by atoms with Gasteiger partial charge in [0.2, 0.25) is 0 Å². The summed E-state index contributed by atoms with van der Waals surface area (Å²) in [5.74, 6) is 0.323. The van der Waals surface area contributed by atoms with Gasteiger partial charge in [0.25, 0.3) is 5.91 Å². The zero-order valence-electron chi connectivity index (χ0n) is 15.3. The molecule has 0 saturated heterocycles. The summed E-state index contributed by atoms with van der Waals surface area (Å²) in [6, 6.07) is 16.6. The fourth-order valence-electron chi connectivity index (χ4n) is 3.08. The van der Waals surface area contributed by atoms with Gasteiger partial charge in [-0.25, -0.2) is 13.1 Å². The van der Waals surface area contributed by atoms with Gasteiger partial charge in [-0.2, -0.15) is 5.10 Å². The number of nitrogens with zero attached hydrogens (tertiary/aromatic N) is 2. The van der Waals surface area contributed by atoms with E-state index in [9.17, 15) is 13.2 Å². The van der Waals surface area contributed by atoms with Gasteiger partial charge < -0.3 is 10.1 Å². The summed E-state index contributed by atoms with van der Waals surface area (Å²) in [5, 5.41) is 7.20. The summed E-state index contributed by atoms with van der Waals surface area (Å²) in [6.07, 6.45) is 0. The number of carbonyl (C=O) groups excluding carboxylic acids is 1. The molecule has 1 aliphatic rings. The van der Waals surface area contributed by atoms with E-state index in [1.165, 1.54) is 0 Å². The van der Waals surface area contributed by atoms with Crippen LogP contribution in [-0.2, 0) is 26.1 Å². The van der Waals surface area contributed by atoms with Crippen molar-refractivity contribution < 1.29 is 17.9 Å². The average molecular weight is 397 g/mol. The lowest BCUT2D eigenvalue weighted by Crippen LogP contribution is -2.22. The highest BCUT2D eigenvalue weighted by Gasteiger charge is 2.33. The molecule has 2 heterocycles. The van der Waals surface area contributed by atoms with Crippen LogP contribution in [0.15, 0.2) is 54.6 Å². The van der Waals surface area contributed by atoms with Crippen molar-refractivity contribution in [2.45, 2.75) is 18.4 Å². The number of ether oxygens (including phenoxy) is 1. The van der Waals surface area contributed by atoms with Gasteiger partial charge >= 0.3 is 0 Å². The van der Waals surface area contributed by atoms with Crippen LogP contribution in [0.1, 0.15) is 16.8 Å². The highest BCUT2D eigenvalue weighted by atomic mass is 32.2. The smallest absolute Gasteiger partial charge is 0.263 e. The van der Waals surface area contributed by atoms with Crippen LogP contribution < -0.4 is 10.1 Å². The van der Waals surface area contributed by atoms with Crippen molar-refractivity contribution in [1.82, 2.24) is 9.78 Å². The topological polar surface area (TPSA) is 90.3 Å². The van der Waals surface area contributed by atoms with Crippen LogP contribution in [-0.4, -0.2) is 30.7 Å². The minimum Gasteiger partial charge on any atom is -0.484 e. The molecule has 3 aromatic rings. The molecular formula is C20H19N3O4S. The Morgan fingerprint density at radius 3 is 2.54 bits per heavy atom. The van der Waals surface area contributed by atoms with Crippen molar-refractivity contribution in [1.29, 1.82) is 0 Å². The third-order valence-corrected chi connectivity index (χ3v) is 5.88. The van der Waals surface area contributed by atoms with Gasteiger partial charge in [-0.15, -0.1) is 0 Å². The highest BCUT2D eigenvalue weighted by Crippen LogP contribution is 2.32. The van der Waals surface area contributed by atoms with Gasteiger partial charge in [0.1, 0.15) is 11.6 Å². The van der Waals surface area contributed by atoms with Crippen molar-refractivity contribution in [2.24, 2.45) is 0 Å². The van der Waals surface area contributed by atoms with Gasteiger partial charge in [-0.05, 0) is 31.2 Å². The minimum atomic E-state index is -3.24. The Hall–Kier alpha value is -3.13. The molecule has 4 rings (SSSR count). The zero-order valence-corrected chi connectivity index (χ0v) is 16.1. The van der Waals surface area contributed by atoms with Crippen molar-refractivity contribution >= 4 is 21.6 Å². The SMILES string of the molecule is Cc1ccc(OCC(=O)Nc2c3c(nn2-c2ccccc2)CS(=O)(=O)C3)cc1. The van der Waals surface area contributed by atoms with Crippen LogP contribution in [0.5, 0.6) is 5.75 Å². The van der Waals surface area contributed by atoms with E-state index >= 15 is 0 Å². The van der Waals surface area contributed by atoms with Gasteiger partial charge in [0, 0.05) is 5.56 Å². The second-order valence-corrected chi connectivity index (χ2v) is 8.77. The predicted octanol–water partition coefficient (Wildman–Crippen LogP) is 2.63. The molecule has 144 valence electrons. The van der Waals surface area contributed by atoms with Crippen molar-refractivity contribution in [3.63, 3.8) is 0 Å². The quantitative estimate of drug-likeness (QED) is 0.715. The fourth-order valence-corrected chi connectivity index (χ4v) is 4.57. The molecule has 0 radical (unpaired) electrons. The molecule has 1 amide bonds. The van der Waals surface area contributed by atoms with Crippen molar-refractivity contribution in [3.05, 3.63) is 71.4 Å². The summed E-state index contributed by atoms with van der Waals surface area (Å²) >= 11 is 0. The normalized spacial score (nSPS) is 14.5. The summed E-state index contributed by atoms with van der Waals surface area (Å²) in [4.78, 5) is 12.5. The first-order valence-corrected chi connectivity index (χ1v) is 10.6. The van der Waals surface area contributed by atoms with Crippen molar-refractivity contribution in [2.75, 3.05) is 11.9 Å². The predicted molar refractivity (Wildman–Crippen MR) is 105 cm³/mol. The van der Waals surface area contributed by atoms with Crippen LogP contribution in [0.3, 0.4) is 0 Å². The molecule has 0 fully saturated rings. The Labute approximate surface area is 162 Å². The van der Waals surface area contributed by atoms with Crippen LogP contribution in [0.2, 0.25) is 0 Å². The van der Waals surface area contributed by atoms with Crippen LogP contribution in [0.25, 0.3) is 5.69 Å². The first-order chi connectivity index (χ1) is 13.4. The number of anilines is 1. The van der Waals surface area contributed by atoms with E-state index < -0.39 is 9.84 Å². The standard InChI is InChI=1S/C20H19N3O4S/c1-14-7-9-16(10-8-14)27-11-19(24)21-20-17-12-28(25,26)13-18(17)22-23(20)15-5-3-2-4-6-15/h2-10H,11-13H2,1H3,(H,21,24). The third kappa shape index (κ3) is 3.77. The largest absolute Gasteiger partial charge is 0.484 e. The number of amides is 1. The molecular weight excluding hydrogens is 378 g/mol. The third-order valence-electron chi connectivity index (χ3n) is 4.44. The lowest BCUT2D eigenvalue weighted by atomic mass is 10.2. The molecule has 0 aliphatic carbocycles. The number of para-hydroxylation sites is 1. The summed E-state index contributed by atoms with van der Waals surface area (Å²) in [7, 11) is -3.24. The van der Waals surface area contributed by atoms with E-state index in [1.807, 2.05) is 49.4 Å². The molecule has 2 aromatic carbocycles. The number of carbonyl (C=O) groups is 1. The van der Waals surface area contributed by atoms with E-state index in [1.54, 1.807) is 16.8 Å². The number of hydrogen-bond donors (Lipinski definition) is 1. The lowest BCUT2D eigenvalue weighted by molar-refractivity contribution is -0.118.